The van der Waals surface area contributed by atoms with Crippen molar-refractivity contribution in [3.05, 3.63) is 117 Å². The Labute approximate surface area is 241 Å². The first-order chi connectivity index (χ1) is 20.6. The van der Waals surface area contributed by atoms with Crippen LogP contribution in [0.3, 0.4) is 0 Å². The van der Waals surface area contributed by atoms with Crippen LogP contribution in [0.2, 0.25) is 0 Å². The third-order valence-corrected chi connectivity index (χ3v) is 8.04. The van der Waals surface area contributed by atoms with E-state index in [1.54, 1.807) is 4.57 Å². The van der Waals surface area contributed by atoms with Crippen molar-refractivity contribution in [3.63, 3.8) is 0 Å². The lowest BCUT2D eigenvalue weighted by Gasteiger charge is -2.13. The molecule has 42 heavy (non-hydrogen) atoms. The Morgan fingerprint density at radius 2 is 1.57 bits per heavy atom. The monoisotopic (exact) mass is 558 g/mol. The van der Waals surface area contributed by atoms with E-state index in [-0.39, 0.29) is 11.2 Å². The number of H-pyrrole nitrogens is 1. The molecule has 1 fully saturated rings. The van der Waals surface area contributed by atoms with Crippen LogP contribution >= 0.6 is 0 Å². The molecule has 10 heteroatoms. The second-order valence-electron chi connectivity index (χ2n) is 10.9. The number of benzene rings is 3. The van der Waals surface area contributed by atoms with Gasteiger partial charge in [-0.1, -0.05) is 78.9 Å². The topological polar surface area (TPSA) is 116 Å². The molecule has 0 unspecified atom stereocenters. The van der Waals surface area contributed by atoms with Gasteiger partial charge in [-0.2, -0.15) is 0 Å². The molecule has 0 atom stereocenters. The minimum absolute atomic E-state index is 0.273. The first kappa shape index (κ1) is 25.8. The Morgan fingerprint density at radius 3 is 2.29 bits per heavy atom. The molecule has 3 heterocycles. The molecule has 0 bridgehead atoms. The summed E-state index contributed by atoms with van der Waals surface area (Å²) in [6.45, 7) is 3.27. The third kappa shape index (κ3) is 4.85. The van der Waals surface area contributed by atoms with Gasteiger partial charge in [0.1, 0.15) is 5.82 Å². The second kappa shape index (κ2) is 10.7. The summed E-state index contributed by atoms with van der Waals surface area (Å²) in [5.41, 5.74) is 5.46. The zero-order valence-corrected chi connectivity index (χ0v) is 23.3. The molecule has 0 amide bonds. The predicted octanol–water partition coefficient (Wildman–Crippen LogP) is 4.22. The van der Waals surface area contributed by atoms with E-state index in [1.807, 2.05) is 66.1 Å². The minimum atomic E-state index is -0.287. The van der Waals surface area contributed by atoms with E-state index < -0.39 is 0 Å². The van der Waals surface area contributed by atoms with Crippen LogP contribution in [0, 0.1) is 12.8 Å². The lowest BCUT2D eigenvalue weighted by atomic mass is 9.98. The number of aromatic amines is 1. The summed E-state index contributed by atoms with van der Waals surface area (Å²) in [4.78, 5) is 32.3. The maximum Gasteiger partial charge on any atom is 0.332 e. The molecule has 10 nitrogen and oxygen atoms in total. The van der Waals surface area contributed by atoms with E-state index in [4.69, 9.17) is 4.98 Å². The molecule has 6 aromatic rings. The maximum absolute atomic E-state index is 13.9. The van der Waals surface area contributed by atoms with E-state index in [0.717, 1.165) is 40.7 Å². The average molecular weight is 559 g/mol. The summed E-state index contributed by atoms with van der Waals surface area (Å²) in [5, 5.41) is 14.3. The molecule has 0 aliphatic heterocycles. The highest BCUT2D eigenvalue weighted by molar-refractivity contribution is 5.80. The Hall–Kier alpha value is -5.12. The Bertz CT molecular complexity index is 1980. The highest BCUT2D eigenvalue weighted by Gasteiger charge is 2.27. The van der Waals surface area contributed by atoms with Crippen LogP contribution in [-0.4, -0.2) is 39.3 Å². The molecule has 1 N–H and O–H groups in total. The van der Waals surface area contributed by atoms with Gasteiger partial charge in [0.2, 0.25) is 0 Å². The molecule has 3 aromatic heterocycles. The van der Waals surface area contributed by atoms with Gasteiger partial charge in [-0.05, 0) is 64.8 Å². The van der Waals surface area contributed by atoms with E-state index in [0.29, 0.717) is 54.8 Å². The van der Waals surface area contributed by atoms with E-state index in [2.05, 4.69) is 44.9 Å². The number of tetrazole rings is 1. The molecule has 1 aliphatic carbocycles. The van der Waals surface area contributed by atoms with Crippen molar-refractivity contribution in [2.45, 2.75) is 45.8 Å². The Balaban J connectivity index is 1.25. The van der Waals surface area contributed by atoms with E-state index in [9.17, 15) is 9.59 Å². The lowest BCUT2D eigenvalue weighted by Crippen LogP contribution is -2.41. The third-order valence-electron chi connectivity index (χ3n) is 8.04. The largest absolute Gasteiger partial charge is 0.332 e. The predicted molar refractivity (Wildman–Crippen MR) is 160 cm³/mol. The molecule has 0 saturated heterocycles. The zero-order valence-electron chi connectivity index (χ0n) is 23.3. The fraction of sp³-hybridized carbons (Fsp3) is 0.250. The lowest BCUT2D eigenvalue weighted by molar-refractivity contribution is 0.541. The number of imidazole rings is 1. The van der Waals surface area contributed by atoms with Gasteiger partial charge in [0.25, 0.3) is 5.56 Å². The van der Waals surface area contributed by atoms with E-state index >= 15 is 0 Å². The first-order valence-electron chi connectivity index (χ1n) is 14.2. The fourth-order valence-corrected chi connectivity index (χ4v) is 5.59. The number of hydrogen-bond donors (Lipinski definition) is 1. The minimum Gasteiger partial charge on any atom is -0.318 e. The van der Waals surface area contributed by atoms with Crippen LogP contribution in [0.15, 0.2) is 88.5 Å². The summed E-state index contributed by atoms with van der Waals surface area (Å²) < 4.78 is 5.07. The van der Waals surface area contributed by atoms with Crippen molar-refractivity contribution in [1.29, 1.82) is 0 Å². The number of fused-ring (bicyclic) bond motifs is 1. The van der Waals surface area contributed by atoms with Gasteiger partial charge in [0, 0.05) is 25.2 Å². The number of aryl methyl sites for hydroxylation is 2. The number of nitrogens with one attached hydrogen (secondary N) is 1. The smallest absolute Gasteiger partial charge is 0.318 e. The quantitative estimate of drug-likeness (QED) is 0.284. The van der Waals surface area contributed by atoms with Crippen LogP contribution in [0.4, 0.5) is 0 Å². The number of hydrogen-bond acceptors (Lipinski definition) is 6. The number of aromatic nitrogens is 8. The molecule has 0 radical (unpaired) electrons. The number of nitrogens with zero attached hydrogens (tertiary/aromatic N) is 7. The van der Waals surface area contributed by atoms with Crippen LogP contribution in [0.25, 0.3) is 33.7 Å². The molecule has 7 rings (SSSR count). The maximum atomic E-state index is 13.9. The SMILES string of the molecule is Cc1nc2c(c(=O)n(CCc3ccccc3)c(=O)n2CC2CC2)n1Cc1ccc(-c2ccccc2-c2nnn[nH]2)cc1. The van der Waals surface area contributed by atoms with Crippen molar-refractivity contribution in [1.82, 2.24) is 39.3 Å². The zero-order chi connectivity index (χ0) is 28.6. The Kier molecular flexibility index (Phi) is 6.58. The van der Waals surface area contributed by atoms with Crippen molar-refractivity contribution in [2.24, 2.45) is 5.92 Å². The van der Waals surface area contributed by atoms with Crippen molar-refractivity contribution in [3.8, 4) is 22.5 Å². The average Bonchev–Trinajstić information content (AvgIpc) is 3.55. The molecule has 1 saturated carbocycles. The summed E-state index contributed by atoms with van der Waals surface area (Å²) in [6, 6.07) is 26.2. The molecular weight excluding hydrogens is 528 g/mol. The van der Waals surface area contributed by atoms with Gasteiger partial charge in [-0.25, -0.2) is 14.9 Å². The van der Waals surface area contributed by atoms with Crippen LogP contribution in [-0.2, 0) is 26.1 Å². The normalized spacial score (nSPS) is 13.2. The van der Waals surface area contributed by atoms with E-state index in [1.165, 1.54) is 4.57 Å². The van der Waals surface area contributed by atoms with Gasteiger partial charge in [-0.15, -0.1) is 5.10 Å². The fourth-order valence-electron chi connectivity index (χ4n) is 5.59. The molecular formula is C32H30N8O2. The van der Waals surface area contributed by atoms with Gasteiger partial charge in [0.15, 0.2) is 17.0 Å². The Morgan fingerprint density at radius 1 is 0.833 bits per heavy atom. The van der Waals surface area contributed by atoms with Gasteiger partial charge < -0.3 is 4.57 Å². The van der Waals surface area contributed by atoms with Crippen LogP contribution in [0.1, 0.15) is 29.8 Å². The van der Waals surface area contributed by atoms with Crippen molar-refractivity contribution >= 4 is 11.2 Å². The molecule has 210 valence electrons. The van der Waals surface area contributed by atoms with Crippen LogP contribution < -0.4 is 11.2 Å². The molecule has 3 aromatic carbocycles. The standard InChI is InChI=1S/C32H30N8O2/c1-21-33-30-28(31(41)38(18-17-22-7-3-2-4-8-22)32(42)40(30)20-23-11-12-23)39(21)19-24-13-15-25(16-14-24)26-9-5-6-10-27(26)29-34-36-37-35-29/h2-10,13-16,23H,11-12,17-20H2,1H3,(H,34,35,36,37). The second-order valence-corrected chi connectivity index (χ2v) is 10.9. The van der Waals surface area contributed by atoms with Gasteiger partial charge in [-0.3, -0.25) is 13.9 Å². The van der Waals surface area contributed by atoms with Gasteiger partial charge in [0.05, 0.1) is 0 Å². The highest BCUT2D eigenvalue weighted by Crippen LogP contribution is 2.31. The number of rotatable bonds is 9. The summed E-state index contributed by atoms with van der Waals surface area (Å²) in [5.74, 6) is 1.77. The van der Waals surface area contributed by atoms with Crippen molar-refractivity contribution < 1.29 is 0 Å². The van der Waals surface area contributed by atoms with Crippen LogP contribution in [0.5, 0.6) is 0 Å². The van der Waals surface area contributed by atoms with Crippen molar-refractivity contribution in [2.75, 3.05) is 0 Å². The first-order valence-corrected chi connectivity index (χ1v) is 14.2. The summed E-state index contributed by atoms with van der Waals surface area (Å²) >= 11 is 0. The molecule has 1 aliphatic rings. The molecule has 0 spiro atoms. The van der Waals surface area contributed by atoms with Gasteiger partial charge >= 0.3 is 5.69 Å². The summed E-state index contributed by atoms with van der Waals surface area (Å²) in [7, 11) is 0. The summed E-state index contributed by atoms with van der Waals surface area (Å²) in [6.07, 6.45) is 2.80. The highest BCUT2D eigenvalue weighted by atomic mass is 16.2.